The van der Waals surface area contributed by atoms with Gasteiger partial charge in [-0.1, -0.05) is 0 Å². The summed E-state index contributed by atoms with van der Waals surface area (Å²) in [7, 11) is 1.27. The maximum absolute atomic E-state index is 12.2. The molecule has 0 spiro atoms. The normalized spacial score (nSPS) is 14.0. The van der Waals surface area contributed by atoms with Gasteiger partial charge in [0.1, 0.15) is 5.69 Å². The van der Waals surface area contributed by atoms with Gasteiger partial charge in [-0.25, -0.2) is 0 Å². The number of aromatic nitrogens is 2. The zero-order valence-corrected chi connectivity index (χ0v) is 8.17. The molecule has 7 heteroatoms. The van der Waals surface area contributed by atoms with E-state index in [1.54, 1.807) is 0 Å². The molecule has 0 amide bonds. The second-order valence-corrected chi connectivity index (χ2v) is 3.19. The number of rotatable bonds is 2. The van der Waals surface area contributed by atoms with Gasteiger partial charge in [0, 0.05) is 7.05 Å². The molecule has 0 aliphatic carbocycles. The first kappa shape index (κ1) is 11.7. The lowest BCUT2D eigenvalue weighted by Gasteiger charge is -2.02. The Morgan fingerprint density at radius 1 is 1.60 bits per heavy atom. The minimum absolute atomic E-state index is 0.141. The van der Waals surface area contributed by atoms with Crippen LogP contribution in [0.3, 0.4) is 0 Å². The summed E-state index contributed by atoms with van der Waals surface area (Å²) in [5.41, 5.74) is 4.05. The van der Waals surface area contributed by atoms with Crippen molar-refractivity contribution in [2.45, 2.75) is 19.1 Å². The van der Waals surface area contributed by atoms with E-state index in [1.807, 2.05) is 0 Å². The molecular weight excluding hydrogens is 211 g/mol. The highest BCUT2D eigenvalue weighted by Crippen LogP contribution is 2.28. The number of alkyl halides is 3. The highest BCUT2D eigenvalue weighted by atomic mass is 19.4. The van der Waals surface area contributed by atoms with E-state index in [0.29, 0.717) is 6.07 Å². The topological polar surface area (TPSA) is 60.9 Å². The van der Waals surface area contributed by atoms with Crippen LogP contribution in [0.1, 0.15) is 23.1 Å². The lowest BCUT2D eigenvalue weighted by molar-refractivity contribution is -0.141. The summed E-state index contributed by atoms with van der Waals surface area (Å²) < 4.78 is 37.6. The summed E-state index contributed by atoms with van der Waals surface area (Å²) in [6.07, 6.45) is -4.55. The molecule has 1 heterocycles. The van der Waals surface area contributed by atoms with Crippen molar-refractivity contribution in [3.63, 3.8) is 0 Å². The molecule has 1 rings (SSSR count). The molecule has 84 valence electrons. The van der Waals surface area contributed by atoms with Gasteiger partial charge in [-0.05, 0) is 13.0 Å². The fourth-order valence-corrected chi connectivity index (χ4v) is 1.07. The van der Waals surface area contributed by atoms with E-state index in [4.69, 9.17) is 5.73 Å². The molecule has 4 nitrogen and oxygen atoms in total. The molecule has 0 aromatic carbocycles. The maximum Gasteiger partial charge on any atom is 0.435 e. The standard InChI is InChI=1S/C8H10F3N3O/c1-4(12)7(15)5-3-6(8(9,10)11)13-14(5)2/h3-4H,12H2,1-2H3. The summed E-state index contributed by atoms with van der Waals surface area (Å²) in [5, 5.41) is 3.20. The van der Waals surface area contributed by atoms with E-state index < -0.39 is 23.7 Å². The third-order valence-electron chi connectivity index (χ3n) is 1.84. The molecule has 1 atom stereocenters. The Balaban J connectivity index is 3.13. The Bertz CT molecular complexity index is 381. The Morgan fingerprint density at radius 2 is 2.13 bits per heavy atom. The van der Waals surface area contributed by atoms with Crippen LogP contribution in [0.5, 0.6) is 0 Å². The van der Waals surface area contributed by atoms with Crippen LogP contribution in [-0.4, -0.2) is 21.6 Å². The quantitative estimate of drug-likeness (QED) is 0.757. The minimum Gasteiger partial charge on any atom is -0.321 e. The number of halogens is 3. The Hall–Kier alpha value is -1.37. The first-order chi connectivity index (χ1) is 6.73. The molecule has 0 aliphatic rings. The van der Waals surface area contributed by atoms with Crippen LogP contribution in [0.2, 0.25) is 0 Å². The lowest BCUT2D eigenvalue weighted by Crippen LogP contribution is -2.28. The summed E-state index contributed by atoms with van der Waals surface area (Å²) in [6, 6.07) is -0.146. The van der Waals surface area contributed by atoms with Gasteiger partial charge in [0.15, 0.2) is 11.5 Å². The number of carbonyl (C=O) groups is 1. The summed E-state index contributed by atoms with van der Waals surface area (Å²) in [5.74, 6) is -0.569. The number of carbonyl (C=O) groups excluding carboxylic acids is 1. The molecule has 0 saturated carbocycles. The van der Waals surface area contributed by atoms with Crippen molar-refractivity contribution >= 4 is 5.78 Å². The number of hydrogen-bond donors (Lipinski definition) is 1. The molecule has 15 heavy (non-hydrogen) atoms. The van der Waals surface area contributed by atoms with Crippen LogP contribution >= 0.6 is 0 Å². The summed E-state index contributed by atoms with van der Waals surface area (Å²) >= 11 is 0. The molecule has 0 fully saturated rings. The number of nitrogens with two attached hydrogens (primary N) is 1. The van der Waals surface area contributed by atoms with Crippen molar-refractivity contribution in [3.05, 3.63) is 17.5 Å². The molecule has 1 aromatic rings. The fraction of sp³-hybridized carbons (Fsp3) is 0.500. The number of aryl methyl sites for hydroxylation is 1. The first-order valence-corrected chi connectivity index (χ1v) is 4.14. The Kier molecular flexibility index (Phi) is 2.85. The molecule has 2 N–H and O–H groups in total. The predicted octanol–water partition coefficient (Wildman–Crippen LogP) is 0.969. The molecule has 1 aromatic heterocycles. The van der Waals surface area contributed by atoms with Gasteiger partial charge in [0.05, 0.1) is 6.04 Å². The highest BCUT2D eigenvalue weighted by Gasteiger charge is 2.35. The third kappa shape index (κ3) is 2.35. The van der Waals surface area contributed by atoms with Gasteiger partial charge in [-0.2, -0.15) is 18.3 Å². The average molecular weight is 221 g/mol. The van der Waals surface area contributed by atoms with Crippen LogP contribution in [0, 0.1) is 0 Å². The van der Waals surface area contributed by atoms with Crippen molar-refractivity contribution in [1.29, 1.82) is 0 Å². The Morgan fingerprint density at radius 3 is 2.47 bits per heavy atom. The third-order valence-corrected chi connectivity index (χ3v) is 1.84. The van der Waals surface area contributed by atoms with Crippen LogP contribution < -0.4 is 5.73 Å². The summed E-state index contributed by atoms with van der Waals surface area (Å²) in [6.45, 7) is 1.41. The number of nitrogens with zero attached hydrogens (tertiary/aromatic N) is 2. The maximum atomic E-state index is 12.2. The molecule has 0 radical (unpaired) electrons. The molecular formula is C8H10F3N3O. The van der Waals surface area contributed by atoms with Gasteiger partial charge < -0.3 is 5.73 Å². The van der Waals surface area contributed by atoms with Crippen molar-refractivity contribution in [3.8, 4) is 0 Å². The first-order valence-electron chi connectivity index (χ1n) is 4.14. The fourth-order valence-electron chi connectivity index (χ4n) is 1.07. The van der Waals surface area contributed by atoms with E-state index in [9.17, 15) is 18.0 Å². The van der Waals surface area contributed by atoms with Crippen LogP contribution in [0.15, 0.2) is 6.07 Å². The molecule has 0 bridgehead atoms. The van der Waals surface area contributed by atoms with E-state index in [-0.39, 0.29) is 5.69 Å². The average Bonchev–Trinajstić information content (AvgIpc) is 2.45. The van der Waals surface area contributed by atoms with Gasteiger partial charge in [0.2, 0.25) is 0 Å². The lowest BCUT2D eigenvalue weighted by atomic mass is 10.1. The zero-order valence-electron chi connectivity index (χ0n) is 8.17. The van der Waals surface area contributed by atoms with Crippen molar-refractivity contribution in [2.75, 3.05) is 0 Å². The van der Waals surface area contributed by atoms with Crippen molar-refractivity contribution < 1.29 is 18.0 Å². The number of ketones is 1. The second-order valence-electron chi connectivity index (χ2n) is 3.19. The van der Waals surface area contributed by atoms with E-state index in [0.717, 1.165) is 4.68 Å². The zero-order chi connectivity index (χ0) is 11.8. The summed E-state index contributed by atoms with van der Waals surface area (Å²) in [4.78, 5) is 11.4. The van der Waals surface area contributed by atoms with Gasteiger partial charge in [0.25, 0.3) is 0 Å². The van der Waals surface area contributed by atoms with Gasteiger partial charge in [-0.15, -0.1) is 0 Å². The van der Waals surface area contributed by atoms with Gasteiger partial charge in [-0.3, -0.25) is 9.48 Å². The van der Waals surface area contributed by atoms with Crippen LogP contribution in [0.25, 0.3) is 0 Å². The molecule has 0 saturated heterocycles. The largest absolute Gasteiger partial charge is 0.435 e. The van der Waals surface area contributed by atoms with Crippen molar-refractivity contribution in [1.82, 2.24) is 9.78 Å². The van der Waals surface area contributed by atoms with Crippen LogP contribution in [0.4, 0.5) is 13.2 Å². The van der Waals surface area contributed by atoms with Crippen molar-refractivity contribution in [2.24, 2.45) is 12.8 Å². The molecule has 1 unspecified atom stereocenters. The minimum atomic E-state index is -4.55. The highest BCUT2D eigenvalue weighted by molar-refractivity contribution is 5.98. The molecule has 0 aliphatic heterocycles. The predicted molar refractivity (Wildman–Crippen MR) is 46.2 cm³/mol. The van der Waals surface area contributed by atoms with E-state index in [1.165, 1.54) is 14.0 Å². The van der Waals surface area contributed by atoms with E-state index in [2.05, 4.69) is 5.10 Å². The smallest absolute Gasteiger partial charge is 0.321 e. The SMILES string of the molecule is CC(N)C(=O)c1cc(C(F)(F)F)nn1C. The monoisotopic (exact) mass is 221 g/mol. The van der Waals surface area contributed by atoms with Gasteiger partial charge >= 0.3 is 6.18 Å². The number of hydrogen-bond acceptors (Lipinski definition) is 3. The number of Topliss-reactive ketones (excluding diaryl/α,β-unsaturated/α-hetero) is 1. The second kappa shape index (κ2) is 3.65. The van der Waals surface area contributed by atoms with E-state index >= 15 is 0 Å². The van der Waals surface area contributed by atoms with Crippen LogP contribution in [-0.2, 0) is 13.2 Å². The Labute approximate surface area is 83.9 Å².